The van der Waals surface area contributed by atoms with Gasteiger partial charge in [0.25, 0.3) is 0 Å². The van der Waals surface area contributed by atoms with E-state index < -0.39 is 0 Å². The minimum Gasteiger partial charge on any atom is -0.327 e. The largest absolute Gasteiger partial charge is 0.327 e. The van der Waals surface area contributed by atoms with E-state index in [0.717, 1.165) is 33.5 Å². The van der Waals surface area contributed by atoms with Crippen molar-refractivity contribution in [3.63, 3.8) is 0 Å². The topological polar surface area (TPSA) is 56.5 Å². The van der Waals surface area contributed by atoms with Gasteiger partial charge in [0.1, 0.15) is 5.82 Å². The van der Waals surface area contributed by atoms with Crippen molar-refractivity contribution in [2.45, 2.75) is 6.92 Å². The van der Waals surface area contributed by atoms with Gasteiger partial charge in [0.15, 0.2) is 5.82 Å². The van der Waals surface area contributed by atoms with Gasteiger partial charge in [-0.1, -0.05) is 12.1 Å². The van der Waals surface area contributed by atoms with E-state index in [1.807, 2.05) is 37.5 Å². The molecule has 0 amide bonds. The molecule has 0 unspecified atom stereocenters. The average molecular weight is 301 g/mol. The van der Waals surface area contributed by atoms with Crippen molar-refractivity contribution in [2.75, 3.05) is 0 Å². The Morgan fingerprint density at radius 1 is 0.913 bits per heavy atom. The Kier molecular flexibility index (Phi) is 3.12. The predicted octanol–water partition coefficient (Wildman–Crippen LogP) is 3.40. The van der Waals surface area contributed by atoms with Crippen molar-refractivity contribution in [3.8, 4) is 22.8 Å². The Bertz CT molecular complexity index is 989. The first-order valence-electron chi connectivity index (χ1n) is 7.39. The summed E-state index contributed by atoms with van der Waals surface area (Å²) in [5.74, 6) is 1.58. The molecule has 0 bridgehead atoms. The molecule has 0 saturated carbocycles. The van der Waals surface area contributed by atoms with Crippen molar-refractivity contribution < 1.29 is 0 Å². The van der Waals surface area contributed by atoms with Gasteiger partial charge < -0.3 is 4.57 Å². The van der Waals surface area contributed by atoms with E-state index in [9.17, 15) is 0 Å². The summed E-state index contributed by atoms with van der Waals surface area (Å²) >= 11 is 0. The molecule has 0 atom stereocenters. The lowest BCUT2D eigenvalue weighted by Gasteiger charge is -2.09. The van der Waals surface area contributed by atoms with Crippen molar-refractivity contribution in [2.24, 2.45) is 7.05 Å². The number of hydrogen-bond acceptors (Lipinski definition) is 4. The van der Waals surface area contributed by atoms with Crippen LogP contribution in [0.3, 0.4) is 0 Å². The summed E-state index contributed by atoms with van der Waals surface area (Å²) in [6.07, 6.45) is 7.13. The smallest absolute Gasteiger partial charge is 0.160 e. The van der Waals surface area contributed by atoms with E-state index in [4.69, 9.17) is 4.98 Å². The van der Waals surface area contributed by atoms with E-state index in [2.05, 4.69) is 32.5 Å². The maximum atomic E-state index is 4.76. The lowest BCUT2D eigenvalue weighted by molar-refractivity contribution is 0.955. The number of aromatic nitrogens is 5. The molecule has 0 spiro atoms. The molecule has 4 rings (SSSR count). The van der Waals surface area contributed by atoms with Gasteiger partial charge in [-0.25, -0.2) is 15.0 Å². The second-order valence-corrected chi connectivity index (χ2v) is 5.42. The second kappa shape index (κ2) is 5.28. The van der Waals surface area contributed by atoms with E-state index >= 15 is 0 Å². The second-order valence-electron chi connectivity index (χ2n) is 5.42. The first kappa shape index (κ1) is 13.6. The molecule has 0 N–H and O–H groups in total. The third kappa shape index (κ3) is 2.17. The number of benzene rings is 1. The maximum absolute atomic E-state index is 4.76. The molecule has 0 aliphatic carbocycles. The summed E-state index contributed by atoms with van der Waals surface area (Å²) < 4.78 is 2.09. The molecular formula is C18H15N5. The van der Waals surface area contributed by atoms with Crippen LogP contribution >= 0.6 is 0 Å². The summed E-state index contributed by atoms with van der Waals surface area (Å²) in [5.41, 5.74) is 5.07. The van der Waals surface area contributed by atoms with E-state index in [1.165, 1.54) is 0 Å². The van der Waals surface area contributed by atoms with Crippen molar-refractivity contribution in [3.05, 3.63) is 60.7 Å². The Morgan fingerprint density at radius 2 is 1.65 bits per heavy atom. The number of rotatable bonds is 2. The van der Waals surface area contributed by atoms with Gasteiger partial charge in [0, 0.05) is 43.0 Å². The van der Waals surface area contributed by atoms with Crippen LogP contribution in [0.25, 0.3) is 33.8 Å². The Labute approximate surface area is 133 Å². The predicted molar refractivity (Wildman–Crippen MR) is 89.7 cm³/mol. The van der Waals surface area contributed by atoms with Crippen LogP contribution in [-0.2, 0) is 7.05 Å². The zero-order valence-corrected chi connectivity index (χ0v) is 12.9. The highest BCUT2D eigenvalue weighted by molar-refractivity contribution is 5.82. The number of imidazole rings is 1. The molecule has 1 aromatic carbocycles. The maximum Gasteiger partial charge on any atom is 0.160 e. The van der Waals surface area contributed by atoms with Crippen LogP contribution in [0.2, 0.25) is 0 Å². The van der Waals surface area contributed by atoms with Crippen LogP contribution in [0.5, 0.6) is 0 Å². The van der Waals surface area contributed by atoms with Gasteiger partial charge >= 0.3 is 0 Å². The number of hydrogen-bond donors (Lipinski definition) is 0. The van der Waals surface area contributed by atoms with Crippen LogP contribution in [0.4, 0.5) is 0 Å². The number of pyridine rings is 1. The fourth-order valence-corrected chi connectivity index (χ4v) is 2.80. The minimum atomic E-state index is 0.679. The van der Waals surface area contributed by atoms with Crippen LogP contribution in [-0.4, -0.2) is 24.5 Å². The molecule has 0 aliphatic heterocycles. The van der Waals surface area contributed by atoms with Crippen LogP contribution in [0.15, 0.2) is 55.1 Å². The standard InChI is InChI=1S/C18H15N5/c1-12-13(17-20-8-5-9-21-17)10-19-11-14(12)18-22-15-6-3-4-7-16(15)23(18)2/h3-11H,1-2H3. The van der Waals surface area contributed by atoms with Crippen LogP contribution < -0.4 is 0 Å². The molecule has 0 saturated heterocycles. The number of para-hydroxylation sites is 2. The minimum absolute atomic E-state index is 0.679. The van der Waals surface area contributed by atoms with E-state index in [-0.39, 0.29) is 0 Å². The zero-order chi connectivity index (χ0) is 15.8. The first-order chi connectivity index (χ1) is 11.3. The summed E-state index contributed by atoms with van der Waals surface area (Å²) in [7, 11) is 2.02. The third-order valence-corrected chi connectivity index (χ3v) is 4.05. The van der Waals surface area contributed by atoms with Crippen molar-refractivity contribution in [1.29, 1.82) is 0 Å². The molecule has 112 valence electrons. The fraction of sp³-hybridized carbons (Fsp3) is 0.111. The first-order valence-corrected chi connectivity index (χ1v) is 7.39. The number of aryl methyl sites for hydroxylation is 1. The molecule has 5 heteroatoms. The molecule has 23 heavy (non-hydrogen) atoms. The summed E-state index contributed by atoms with van der Waals surface area (Å²) in [6, 6.07) is 9.91. The molecule has 3 heterocycles. The third-order valence-electron chi connectivity index (χ3n) is 4.05. The van der Waals surface area contributed by atoms with Gasteiger partial charge in [-0.05, 0) is 30.7 Å². The van der Waals surface area contributed by atoms with Crippen LogP contribution in [0.1, 0.15) is 5.56 Å². The molecule has 5 nitrogen and oxygen atoms in total. The van der Waals surface area contributed by atoms with Crippen molar-refractivity contribution >= 4 is 11.0 Å². The average Bonchev–Trinajstić information content (AvgIpc) is 2.93. The molecule has 0 fully saturated rings. The molecule has 0 aliphatic rings. The molecule has 3 aromatic heterocycles. The highest BCUT2D eigenvalue weighted by atomic mass is 15.1. The molecular weight excluding hydrogens is 286 g/mol. The molecule has 4 aromatic rings. The normalized spacial score (nSPS) is 11.0. The van der Waals surface area contributed by atoms with Gasteiger partial charge in [-0.15, -0.1) is 0 Å². The SMILES string of the molecule is Cc1c(-c2ncccn2)cncc1-c1nc2ccccc2n1C. The van der Waals surface area contributed by atoms with Crippen molar-refractivity contribution in [1.82, 2.24) is 24.5 Å². The summed E-state index contributed by atoms with van der Waals surface area (Å²) in [4.78, 5) is 17.8. The van der Waals surface area contributed by atoms with Gasteiger partial charge in [-0.2, -0.15) is 0 Å². The van der Waals surface area contributed by atoms with Crippen LogP contribution in [0, 0.1) is 6.92 Å². The van der Waals surface area contributed by atoms with Gasteiger partial charge in [0.05, 0.1) is 11.0 Å². The molecule has 0 radical (unpaired) electrons. The fourth-order valence-electron chi connectivity index (χ4n) is 2.80. The zero-order valence-electron chi connectivity index (χ0n) is 12.9. The monoisotopic (exact) mass is 301 g/mol. The number of fused-ring (bicyclic) bond motifs is 1. The van der Waals surface area contributed by atoms with E-state index in [1.54, 1.807) is 18.6 Å². The lowest BCUT2D eigenvalue weighted by atomic mass is 10.0. The van der Waals surface area contributed by atoms with Gasteiger partial charge in [0.2, 0.25) is 0 Å². The Balaban J connectivity index is 1.94. The lowest BCUT2D eigenvalue weighted by Crippen LogP contribution is -1.98. The highest BCUT2D eigenvalue weighted by Gasteiger charge is 2.15. The number of nitrogens with zero attached hydrogens (tertiary/aromatic N) is 5. The van der Waals surface area contributed by atoms with Gasteiger partial charge in [-0.3, -0.25) is 4.98 Å². The highest BCUT2D eigenvalue weighted by Crippen LogP contribution is 2.30. The Morgan fingerprint density at radius 3 is 2.43 bits per heavy atom. The summed E-state index contributed by atoms with van der Waals surface area (Å²) in [5, 5.41) is 0. The quantitative estimate of drug-likeness (QED) is 0.569. The summed E-state index contributed by atoms with van der Waals surface area (Å²) in [6.45, 7) is 2.06. The van der Waals surface area contributed by atoms with E-state index in [0.29, 0.717) is 5.82 Å². The Hall–Kier alpha value is -3.08.